The minimum atomic E-state index is -4.56. The number of hydrogen-bond acceptors (Lipinski definition) is 8. The first-order chi connectivity index (χ1) is 22.5. The third kappa shape index (κ3) is 5.70. The molecular formula is C33H29F3N8O3. The van der Waals surface area contributed by atoms with Crippen molar-refractivity contribution in [2.75, 3.05) is 11.1 Å². The van der Waals surface area contributed by atoms with Crippen LogP contribution in [0.5, 0.6) is 0 Å². The first-order valence-electron chi connectivity index (χ1n) is 15.0. The predicted octanol–water partition coefficient (Wildman–Crippen LogP) is 6.08. The highest BCUT2D eigenvalue weighted by molar-refractivity contribution is 6.04. The fourth-order valence-corrected chi connectivity index (χ4v) is 6.76. The number of amides is 2. The molecule has 0 aliphatic heterocycles. The van der Waals surface area contributed by atoms with Crippen molar-refractivity contribution in [3.63, 3.8) is 0 Å². The van der Waals surface area contributed by atoms with Crippen molar-refractivity contribution < 1.29 is 27.5 Å². The first-order valence-corrected chi connectivity index (χ1v) is 15.0. The van der Waals surface area contributed by atoms with E-state index in [1.54, 1.807) is 24.3 Å². The molecule has 4 N–H and O–H groups in total. The molecule has 14 heteroatoms. The Morgan fingerprint density at radius 3 is 2.43 bits per heavy atom. The number of alkyl carbamates (subject to hydrolysis) is 1. The Kier molecular flexibility index (Phi) is 7.29. The van der Waals surface area contributed by atoms with E-state index in [0.29, 0.717) is 28.7 Å². The zero-order valence-electron chi connectivity index (χ0n) is 24.9. The number of anilines is 2. The summed E-state index contributed by atoms with van der Waals surface area (Å²) in [5.74, 6) is -0.593. The van der Waals surface area contributed by atoms with Crippen LogP contribution in [0.2, 0.25) is 0 Å². The summed E-state index contributed by atoms with van der Waals surface area (Å²) in [6, 6.07) is 17.5. The Morgan fingerprint density at radius 1 is 0.957 bits per heavy atom. The standard InChI is InChI=1S/C33H29F3N8O3/c34-33(35,36)23-10-15-38-24(16-23)41-29(45)22-8-6-21(7-9-22)26-25-27(37)39-19-40-28(25)44(43-26)32-13-11-31(18-32,12-14-32)42-30(46)47-17-20-4-2-1-3-5-20/h1-10,15-16,19H,11-14,17-18H2,(H,42,46)(H2,37,39,40)(H,38,41,45). The van der Waals surface area contributed by atoms with Crippen molar-refractivity contribution in [2.45, 2.75) is 56.0 Å². The molecule has 0 radical (unpaired) electrons. The number of nitrogens with one attached hydrogen (secondary N) is 2. The number of ether oxygens (including phenoxy) is 1. The van der Waals surface area contributed by atoms with Gasteiger partial charge in [0.2, 0.25) is 0 Å². The molecule has 2 bridgehead atoms. The predicted molar refractivity (Wildman–Crippen MR) is 166 cm³/mol. The van der Waals surface area contributed by atoms with E-state index >= 15 is 0 Å². The smallest absolute Gasteiger partial charge is 0.416 e. The van der Waals surface area contributed by atoms with Crippen LogP contribution in [0.15, 0.2) is 79.3 Å². The lowest BCUT2D eigenvalue weighted by molar-refractivity contribution is -0.137. The van der Waals surface area contributed by atoms with Gasteiger partial charge in [-0.05, 0) is 61.9 Å². The molecule has 5 aromatic rings. The van der Waals surface area contributed by atoms with Gasteiger partial charge in [0.1, 0.15) is 30.3 Å². The summed E-state index contributed by atoms with van der Waals surface area (Å²) in [7, 11) is 0. The van der Waals surface area contributed by atoms with E-state index in [9.17, 15) is 22.8 Å². The van der Waals surface area contributed by atoms with E-state index in [-0.39, 0.29) is 23.8 Å². The molecule has 2 aliphatic carbocycles. The highest BCUT2D eigenvalue weighted by atomic mass is 19.4. The van der Waals surface area contributed by atoms with Gasteiger partial charge in [0.15, 0.2) is 5.65 Å². The largest absolute Gasteiger partial charge is 0.445 e. The molecule has 3 aromatic heterocycles. The SMILES string of the molecule is Nc1ncnc2c1c(-c1ccc(C(=O)Nc3cc(C(F)(F)F)ccn3)cc1)nn2C12CCC(NC(=O)OCc3ccccc3)(CC1)C2. The molecule has 2 aliphatic rings. The van der Waals surface area contributed by atoms with Crippen molar-refractivity contribution in [3.8, 4) is 11.3 Å². The van der Waals surface area contributed by atoms with Gasteiger partial charge < -0.3 is 21.1 Å². The van der Waals surface area contributed by atoms with Crippen LogP contribution in [0.3, 0.4) is 0 Å². The number of halogens is 3. The van der Waals surface area contributed by atoms with E-state index in [1.165, 1.54) is 6.33 Å². The number of benzene rings is 2. The first kappa shape index (κ1) is 30.1. The van der Waals surface area contributed by atoms with Crippen LogP contribution < -0.4 is 16.4 Å². The number of hydrogen-bond donors (Lipinski definition) is 3. The third-order valence-electron chi connectivity index (χ3n) is 9.08. The topological polar surface area (TPSA) is 150 Å². The van der Waals surface area contributed by atoms with Crippen molar-refractivity contribution in [1.82, 2.24) is 30.0 Å². The number of nitrogen functional groups attached to an aromatic ring is 1. The van der Waals surface area contributed by atoms with Gasteiger partial charge in [-0.2, -0.15) is 18.3 Å². The lowest BCUT2D eigenvalue weighted by atomic mass is 9.91. The van der Waals surface area contributed by atoms with Crippen LogP contribution in [0.4, 0.5) is 29.6 Å². The average Bonchev–Trinajstić information content (AvgIpc) is 3.75. The zero-order valence-corrected chi connectivity index (χ0v) is 24.9. The Bertz CT molecular complexity index is 1970. The second kappa shape index (κ2) is 11.4. The van der Waals surface area contributed by atoms with Crippen LogP contribution >= 0.6 is 0 Å². The summed E-state index contributed by atoms with van der Waals surface area (Å²) in [4.78, 5) is 38.2. The maximum absolute atomic E-state index is 13.1. The normalized spacial score (nSPS) is 20.3. The number of nitrogens with two attached hydrogens (primary N) is 1. The summed E-state index contributed by atoms with van der Waals surface area (Å²) in [6.07, 6.45) is 1.00. The van der Waals surface area contributed by atoms with Crippen LogP contribution in [-0.2, 0) is 23.1 Å². The number of carbonyl (C=O) groups excluding carboxylic acids is 2. The van der Waals surface area contributed by atoms with E-state index in [4.69, 9.17) is 15.6 Å². The second-order valence-corrected chi connectivity index (χ2v) is 12.0. The van der Waals surface area contributed by atoms with Gasteiger partial charge in [0.05, 0.1) is 16.5 Å². The maximum Gasteiger partial charge on any atom is 0.416 e. The van der Waals surface area contributed by atoms with Gasteiger partial charge in [-0.25, -0.2) is 24.4 Å². The monoisotopic (exact) mass is 642 g/mol. The minimum Gasteiger partial charge on any atom is -0.445 e. The maximum atomic E-state index is 13.1. The molecule has 0 saturated heterocycles. The molecule has 7 rings (SSSR count). The van der Waals surface area contributed by atoms with Crippen LogP contribution in [-0.4, -0.2) is 42.3 Å². The van der Waals surface area contributed by atoms with E-state index in [2.05, 4.69) is 25.6 Å². The summed E-state index contributed by atoms with van der Waals surface area (Å²) in [6.45, 7) is 0.180. The fourth-order valence-electron chi connectivity index (χ4n) is 6.76. The van der Waals surface area contributed by atoms with Gasteiger partial charge >= 0.3 is 12.3 Å². The van der Waals surface area contributed by atoms with Gasteiger partial charge in [0.25, 0.3) is 5.91 Å². The molecule has 11 nitrogen and oxygen atoms in total. The minimum absolute atomic E-state index is 0.180. The average molecular weight is 643 g/mol. The van der Waals surface area contributed by atoms with Crippen molar-refractivity contribution >= 4 is 34.7 Å². The van der Waals surface area contributed by atoms with E-state index in [1.807, 2.05) is 35.0 Å². The zero-order chi connectivity index (χ0) is 32.8. The molecule has 0 unspecified atom stereocenters. The van der Waals surface area contributed by atoms with Gasteiger partial charge in [-0.1, -0.05) is 42.5 Å². The third-order valence-corrected chi connectivity index (χ3v) is 9.08. The lowest BCUT2D eigenvalue weighted by Crippen LogP contribution is -2.45. The van der Waals surface area contributed by atoms with Gasteiger partial charge in [-0.15, -0.1) is 0 Å². The molecule has 2 saturated carbocycles. The summed E-state index contributed by atoms with van der Waals surface area (Å²) < 4.78 is 46.7. The molecule has 240 valence electrons. The molecular weight excluding hydrogens is 613 g/mol. The number of pyridine rings is 1. The quantitative estimate of drug-likeness (QED) is 0.193. The summed E-state index contributed by atoms with van der Waals surface area (Å²) in [5.41, 5.74) is 7.43. The van der Waals surface area contributed by atoms with Crippen molar-refractivity contribution in [1.29, 1.82) is 0 Å². The Hall–Kier alpha value is -5.53. The molecule has 2 fully saturated rings. The second-order valence-electron chi connectivity index (χ2n) is 12.0. The Morgan fingerprint density at radius 2 is 1.70 bits per heavy atom. The number of nitrogens with zero attached hydrogens (tertiary/aromatic N) is 5. The molecule has 0 spiro atoms. The van der Waals surface area contributed by atoms with Gasteiger partial charge in [0, 0.05) is 22.9 Å². The molecule has 0 atom stereocenters. The van der Waals surface area contributed by atoms with Crippen molar-refractivity contribution in [3.05, 3.63) is 95.9 Å². The summed E-state index contributed by atoms with van der Waals surface area (Å²) in [5, 5.41) is 11.1. The highest BCUT2D eigenvalue weighted by Gasteiger charge is 2.57. The highest BCUT2D eigenvalue weighted by Crippen LogP contribution is 2.56. The van der Waals surface area contributed by atoms with Gasteiger partial charge in [-0.3, -0.25) is 4.79 Å². The number of carbonyl (C=O) groups is 2. The lowest BCUT2D eigenvalue weighted by Gasteiger charge is -2.28. The van der Waals surface area contributed by atoms with Crippen molar-refractivity contribution in [2.24, 2.45) is 0 Å². The fraction of sp³-hybridized carbons (Fsp3) is 0.273. The van der Waals surface area contributed by atoms with E-state index in [0.717, 1.165) is 49.6 Å². The Labute approximate surface area is 266 Å². The van der Waals surface area contributed by atoms with Crippen LogP contribution in [0.25, 0.3) is 22.3 Å². The number of rotatable bonds is 7. The van der Waals surface area contributed by atoms with Crippen LogP contribution in [0.1, 0.15) is 53.6 Å². The molecule has 47 heavy (non-hydrogen) atoms. The molecule has 3 heterocycles. The molecule has 2 amide bonds. The molecule has 2 aromatic carbocycles. The number of fused-ring (bicyclic) bond motifs is 3. The number of aromatic nitrogens is 5. The number of alkyl halides is 3. The van der Waals surface area contributed by atoms with Crippen LogP contribution in [0, 0.1) is 0 Å². The van der Waals surface area contributed by atoms with E-state index < -0.39 is 34.8 Å². The summed E-state index contributed by atoms with van der Waals surface area (Å²) >= 11 is 0. The Balaban J connectivity index is 1.11.